The van der Waals surface area contributed by atoms with Crippen LogP contribution >= 0.6 is 0 Å². The number of nitrogens with zero attached hydrogens (tertiary/aromatic N) is 2. The third kappa shape index (κ3) is 4.90. The fourth-order valence-corrected chi connectivity index (χ4v) is 5.77. The molecule has 0 aliphatic carbocycles. The number of aryl methyl sites for hydroxylation is 1. The van der Waals surface area contributed by atoms with E-state index < -0.39 is 37.3 Å². The summed E-state index contributed by atoms with van der Waals surface area (Å²) < 4.78 is 93.4. The van der Waals surface area contributed by atoms with Gasteiger partial charge in [0.15, 0.2) is 5.75 Å². The van der Waals surface area contributed by atoms with Crippen molar-refractivity contribution in [2.24, 2.45) is 0 Å². The van der Waals surface area contributed by atoms with Crippen LogP contribution < -0.4 is 4.18 Å². The Morgan fingerprint density at radius 2 is 1.44 bits per heavy atom. The molecule has 1 aliphatic heterocycles. The lowest BCUT2D eigenvalue weighted by molar-refractivity contribution is -0.0499. The second kappa shape index (κ2) is 9.37. The zero-order valence-corrected chi connectivity index (χ0v) is 20.5. The van der Waals surface area contributed by atoms with Gasteiger partial charge in [0.2, 0.25) is 10.0 Å². The molecule has 8 nitrogen and oxygen atoms in total. The number of fused-ring (bicyclic) bond motifs is 1. The molecule has 192 valence electrons. The number of carbonyl (C=O) groups is 1. The molecular weight excluding hydrogens is 521 g/mol. The van der Waals surface area contributed by atoms with Crippen molar-refractivity contribution in [2.75, 3.05) is 26.2 Å². The molecule has 1 fully saturated rings. The first-order chi connectivity index (χ1) is 16.8. The first-order valence-corrected chi connectivity index (χ1v) is 13.5. The quantitative estimate of drug-likeness (QED) is 0.361. The number of hydrogen-bond donors (Lipinski definition) is 0. The van der Waals surface area contributed by atoms with Crippen molar-refractivity contribution >= 4 is 36.8 Å². The predicted octanol–water partition coefficient (Wildman–Crippen LogP) is 3.52. The molecule has 0 spiro atoms. The van der Waals surface area contributed by atoms with E-state index in [1.807, 2.05) is 6.92 Å². The van der Waals surface area contributed by atoms with Crippen molar-refractivity contribution in [3.05, 3.63) is 71.8 Å². The van der Waals surface area contributed by atoms with E-state index in [2.05, 4.69) is 4.18 Å². The van der Waals surface area contributed by atoms with Crippen molar-refractivity contribution in [2.45, 2.75) is 17.3 Å². The largest absolute Gasteiger partial charge is 0.534 e. The summed E-state index contributed by atoms with van der Waals surface area (Å²) in [5.41, 5.74) is -4.80. The van der Waals surface area contributed by atoms with Crippen LogP contribution in [-0.4, -0.2) is 63.6 Å². The maximum atomic E-state index is 13.3. The fourth-order valence-electron chi connectivity index (χ4n) is 3.88. The van der Waals surface area contributed by atoms with Gasteiger partial charge < -0.3 is 9.08 Å². The maximum absolute atomic E-state index is 13.3. The molecule has 0 saturated carbocycles. The minimum absolute atomic E-state index is 0.0124. The lowest BCUT2D eigenvalue weighted by Crippen LogP contribution is -2.50. The highest BCUT2D eigenvalue weighted by Gasteiger charge is 2.48. The van der Waals surface area contributed by atoms with Crippen molar-refractivity contribution in [3.8, 4) is 5.75 Å². The number of rotatable bonds is 5. The smallest absolute Gasteiger partial charge is 0.375 e. The van der Waals surface area contributed by atoms with Crippen LogP contribution in [0.1, 0.15) is 15.9 Å². The van der Waals surface area contributed by atoms with Crippen molar-refractivity contribution in [1.29, 1.82) is 0 Å². The Hall–Kier alpha value is -3.16. The third-order valence-electron chi connectivity index (χ3n) is 5.76. The van der Waals surface area contributed by atoms with Gasteiger partial charge in [-0.1, -0.05) is 42.0 Å². The molecule has 1 amide bonds. The van der Waals surface area contributed by atoms with Gasteiger partial charge in [0.25, 0.3) is 5.91 Å². The van der Waals surface area contributed by atoms with E-state index in [1.165, 1.54) is 51.7 Å². The van der Waals surface area contributed by atoms with Crippen molar-refractivity contribution in [3.63, 3.8) is 0 Å². The molecule has 0 unspecified atom stereocenters. The molecule has 1 saturated heterocycles. The standard InChI is InChI=1S/C23H21F3N2O6S2/c1-16-8-10-18(11-9-16)35(30,31)28-14-12-27(13-15-28)22(29)19-6-2-4-17-5-3-7-20(21(17)19)34-36(32,33)23(24,25)26/h2-11H,12-15H2,1H3. The monoisotopic (exact) mass is 542 g/mol. The van der Waals surface area contributed by atoms with E-state index in [1.54, 1.807) is 12.1 Å². The lowest BCUT2D eigenvalue weighted by atomic mass is 10.0. The zero-order chi connectivity index (χ0) is 26.3. The highest BCUT2D eigenvalue weighted by molar-refractivity contribution is 7.89. The van der Waals surface area contributed by atoms with E-state index in [9.17, 15) is 34.8 Å². The fraction of sp³-hybridized carbons (Fsp3) is 0.261. The Kier molecular flexibility index (Phi) is 6.75. The van der Waals surface area contributed by atoms with Gasteiger partial charge in [-0.05, 0) is 36.6 Å². The number of piperazine rings is 1. The highest BCUT2D eigenvalue weighted by atomic mass is 32.2. The summed E-state index contributed by atoms with van der Waals surface area (Å²) in [6.07, 6.45) is 0. The Bertz CT molecular complexity index is 1510. The highest BCUT2D eigenvalue weighted by Crippen LogP contribution is 2.34. The number of halogens is 3. The van der Waals surface area contributed by atoms with Crippen LogP contribution in [-0.2, 0) is 20.1 Å². The molecule has 0 radical (unpaired) electrons. The molecule has 0 aromatic heterocycles. The van der Waals surface area contributed by atoms with Gasteiger partial charge in [0.05, 0.1) is 10.5 Å². The Morgan fingerprint density at radius 3 is 2.03 bits per heavy atom. The van der Waals surface area contributed by atoms with Crippen LogP contribution in [0.15, 0.2) is 65.6 Å². The van der Waals surface area contributed by atoms with Gasteiger partial charge in [-0.2, -0.15) is 25.9 Å². The van der Waals surface area contributed by atoms with Crippen molar-refractivity contribution < 1.29 is 39.0 Å². The second-order valence-corrected chi connectivity index (χ2v) is 11.6. The Labute approximate surface area is 206 Å². The van der Waals surface area contributed by atoms with Gasteiger partial charge in [-0.3, -0.25) is 4.79 Å². The van der Waals surface area contributed by atoms with Crippen LogP contribution in [0.5, 0.6) is 5.75 Å². The lowest BCUT2D eigenvalue weighted by Gasteiger charge is -2.34. The van der Waals surface area contributed by atoms with Gasteiger partial charge in [0.1, 0.15) is 0 Å². The molecule has 36 heavy (non-hydrogen) atoms. The van der Waals surface area contributed by atoms with Crippen LogP contribution in [0.4, 0.5) is 13.2 Å². The Morgan fingerprint density at radius 1 is 0.861 bits per heavy atom. The van der Waals surface area contributed by atoms with Gasteiger partial charge in [-0.25, -0.2) is 8.42 Å². The maximum Gasteiger partial charge on any atom is 0.534 e. The summed E-state index contributed by atoms with van der Waals surface area (Å²) in [4.78, 5) is 14.8. The van der Waals surface area contributed by atoms with Gasteiger partial charge >= 0.3 is 15.6 Å². The molecular formula is C23H21F3N2O6S2. The van der Waals surface area contributed by atoms with E-state index in [0.29, 0.717) is 5.39 Å². The summed E-state index contributed by atoms with van der Waals surface area (Å²) >= 11 is 0. The zero-order valence-electron chi connectivity index (χ0n) is 18.9. The number of alkyl halides is 3. The summed E-state index contributed by atoms with van der Waals surface area (Å²) in [5, 5.41) is 0.212. The molecule has 3 aromatic rings. The second-order valence-electron chi connectivity index (χ2n) is 8.15. The van der Waals surface area contributed by atoms with E-state index in [-0.39, 0.29) is 42.0 Å². The number of sulfonamides is 1. The molecule has 1 heterocycles. The number of carbonyl (C=O) groups excluding carboxylic acids is 1. The third-order valence-corrected chi connectivity index (χ3v) is 8.64. The summed E-state index contributed by atoms with van der Waals surface area (Å²) in [7, 11) is -9.73. The molecule has 3 aromatic carbocycles. The topological polar surface area (TPSA) is 101 Å². The van der Waals surface area contributed by atoms with Crippen molar-refractivity contribution in [1.82, 2.24) is 9.21 Å². The molecule has 1 aliphatic rings. The number of benzene rings is 3. The predicted molar refractivity (Wildman–Crippen MR) is 125 cm³/mol. The average molecular weight is 543 g/mol. The summed E-state index contributed by atoms with van der Waals surface area (Å²) in [6, 6.07) is 14.6. The number of hydrogen-bond acceptors (Lipinski definition) is 6. The van der Waals surface area contributed by atoms with Crippen LogP contribution in [0.2, 0.25) is 0 Å². The SMILES string of the molecule is Cc1ccc(S(=O)(=O)N2CCN(C(=O)c3cccc4cccc(OS(=O)(=O)C(F)(F)F)c34)CC2)cc1. The van der Waals surface area contributed by atoms with Crippen LogP contribution in [0, 0.1) is 6.92 Å². The summed E-state index contributed by atoms with van der Waals surface area (Å²) in [5.74, 6) is -1.22. The van der Waals surface area contributed by atoms with E-state index in [0.717, 1.165) is 11.6 Å². The van der Waals surface area contributed by atoms with Crippen LogP contribution in [0.25, 0.3) is 10.8 Å². The van der Waals surface area contributed by atoms with Crippen LogP contribution in [0.3, 0.4) is 0 Å². The first-order valence-electron chi connectivity index (χ1n) is 10.7. The summed E-state index contributed by atoms with van der Waals surface area (Å²) in [6.45, 7) is 1.93. The molecule has 0 bridgehead atoms. The minimum atomic E-state index is -5.96. The van der Waals surface area contributed by atoms with E-state index >= 15 is 0 Å². The van der Waals surface area contributed by atoms with Gasteiger partial charge in [-0.15, -0.1) is 0 Å². The molecule has 4 rings (SSSR count). The molecule has 0 atom stereocenters. The molecule has 0 N–H and O–H groups in total. The number of amides is 1. The van der Waals surface area contributed by atoms with E-state index in [4.69, 9.17) is 0 Å². The Balaban J connectivity index is 1.59. The normalized spacial score (nSPS) is 15.7. The molecule has 13 heteroatoms. The first kappa shape index (κ1) is 25.9. The van der Waals surface area contributed by atoms with Gasteiger partial charge in [0, 0.05) is 31.6 Å². The minimum Gasteiger partial charge on any atom is -0.375 e. The average Bonchev–Trinajstić information content (AvgIpc) is 2.83.